The molecule has 0 spiro atoms. The summed E-state index contributed by atoms with van der Waals surface area (Å²) in [5.74, 6) is -1.14. The minimum absolute atomic E-state index is 0.0772. The molecule has 0 fully saturated rings. The Hall–Kier alpha value is -1.88. The second-order valence-electron chi connectivity index (χ2n) is 4.58. The minimum atomic E-state index is -0.949. The molecular formula is C14H15NO3S. The van der Waals surface area contributed by atoms with E-state index >= 15 is 0 Å². The molecule has 19 heavy (non-hydrogen) atoms. The third kappa shape index (κ3) is 2.76. The molecule has 1 aromatic heterocycles. The number of rotatable bonds is 4. The fraction of sp³-hybridized carbons (Fsp3) is 0.286. The van der Waals surface area contributed by atoms with Crippen molar-refractivity contribution in [2.75, 3.05) is 0 Å². The van der Waals surface area contributed by atoms with Crippen molar-refractivity contribution in [1.29, 1.82) is 0 Å². The lowest BCUT2D eigenvalue weighted by molar-refractivity contribution is -0.124. The van der Waals surface area contributed by atoms with E-state index in [0.29, 0.717) is 10.4 Å². The van der Waals surface area contributed by atoms with Crippen LogP contribution < -0.4 is 5.32 Å². The number of carbonyl (C=O) groups is 2. The van der Waals surface area contributed by atoms with Gasteiger partial charge in [-0.1, -0.05) is 32.0 Å². The summed E-state index contributed by atoms with van der Waals surface area (Å²) >= 11 is 1.24. The molecule has 0 saturated heterocycles. The van der Waals surface area contributed by atoms with Crippen molar-refractivity contribution in [2.45, 2.75) is 20.4 Å². The summed E-state index contributed by atoms with van der Waals surface area (Å²) in [6.45, 7) is 3.86. The Morgan fingerprint density at radius 1 is 1.32 bits per heavy atom. The molecule has 0 saturated carbocycles. The average molecular weight is 277 g/mol. The van der Waals surface area contributed by atoms with Crippen LogP contribution in [-0.2, 0) is 11.3 Å². The number of nitrogens with one attached hydrogen (secondary N) is 1. The number of hydrogen-bond acceptors (Lipinski definition) is 3. The molecule has 1 heterocycles. The topological polar surface area (TPSA) is 66.4 Å². The smallest absolute Gasteiger partial charge is 0.346 e. The highest BCUT2D eigenvalue weighted by Gasteiger charge is 2.18. The lowest BCUT2D eigenvalue weighted by Crippen LogP contribution is -2.27. The van der Waals surface area contributed by atoms with Crippen molar-refractivity contribution in [3.05, 3.63) is 34.7 Å². The van der Waals surface area contributed by atoms with E-state index in [9.17, 15) is 14.7 Å². The molecule has 2 N–H and O–H groups in total. The number of thiophene rings is 1. The SMILES string of the molecule is CC(C)C(=O)NCc1c(C(=O)O)sc2ccccc12. The zero-order chi connectivity index (χ0) is 14.0. The molecule has 1 amide bonds. The standard InChI is InChI=1S/C14H15NO3S/c1-8(2)13(16)15-7-10-9-5-3-4-6-11(9)19-12(10)14(17)18/h3-6,8H,7H2,1-2H3,(H,15,16)(H,17,18). The Kier molecular flexibility index (Phi) is 3.85. The van der Waals surface area contributed by atoms with Crippen molar-refractivity contribution in [1.82, 2.24) is 5.32 Å². The molecule has 5 heteroatoms. The molecule has 0 radical (unpaired) electrons. The summed E-state index contributed by atoms with van der Waals surface area (Å²) in [5, 5.41) is 12.9. The number of aromatic carboxylic acids is 1. The molecule has 0 bridgehead atoms. The summed E-state index contributed by atoms with van der Waals surface area (Å²) in [6.07, 6.45) is 0. The van der Waals surface area contributed by atoms with E-state index in [0.717, 1.165) is 10.1 Å². The molecule has 2 aromatic rings. The first kappa shape index (κ1) is 13.5. The predicted octanol–water partition coefficient (Wildman–Crippen LogP) is 2.87. The van der Waals surface area contributed by atoms with Gasteiger partial charge in [-0.3, -0.25) is 4.79 Å². The van der Waals surface area contributed by atoms with Gasteiger partial charge in [0.15, 0.2) is 0 Å². The second-order valence-corrected chi connectivity index (χ2v) is 5.64. The van der Waals surface area contributed by atoms with Gasteiger partial charge >= 0.3 is 5.97 Å². The molecular weight excluding hydrogens is 262 g/mol. The summed E-state index contributed by atoms with van der Waals surface area (Å²) < 4.78 is 0.925. The molecule has 4 nitrogen and oxygen atoms in total. The molecule has 0 atom stereocenters. The highest BCUT2D eigenvalue weighted by atomic mass is 32.1. The van der Waals surface area contributed by atoms with Gasteiger partial charge in [0, 0.05) is 22.7 Å². The van der Waals surface area contributed by atoms with Crippen LogP contribution in [0.25, 0.3) is 10.1 Å². The zero-order valence-electron chi connectivity index (χ0n) is 10.8. The second kappa shape index (κ2) is 5.40. The van der Waals surface area contributed by atoms with Gasteiger partial charge in [0.05, 0.1) is 0 Å². The number of amides is 1. The highest BCUT2D eigenvalue weighted by molar-refractivity contribution is 7.21. The molecule has 1 aromatic carbocycles. The van der Waals surface area contributed by atoms with Crippen LogP contribution in [0, 0.1) is 5.92 Å². The fourth-order valence-electron chi connectivity index (χ4n) is 1.83. The van der Waals surface area contributed by atoms with E-state index in [1.807, 2.05) is 24.3 Å². The fourth-order valence-corrected chi connectivity index (χ4v) is 2.89. The molecule has 100 valence electrons. The maximum absolute atomic E-state index is 11.6. The van der Waals surface area contributed by atoms with Crippen molar-refractivity contribution >= 4 is 33.3 Å². The first-order valence-electron chi connectivity index (χ1n) is 6.02. The van der Waals surface area contributed by atoms with E-state index in [4.69, 9.17) is 0 Å². The van der Waals surface area contributed by atoms with Gasteiger partial charge in [0.2, 0.25) is 5.91 Å². The molecule has 0 aliphatic carbocycles. The number of benzene rings is 1. The third-order valence-corrected chi connectivity index (χ3v) is 4.06. The van der Waals surface area contributed by atoms with Gasteiger partial charge in [-0.15, -0.1) is 11.3 Å². The lowest BCUT2D eigenvalue weighted by atomic mass is 10.1. The zero-order valence-corrected chi connectivity index (χ0v) is 11.6. The molecule has 0 aliphatic rings. The van der Waals surface area contributed by atoms with Gasteiger partial charge < -0.3 is 10.4 Å². The van der Waals surface area contributed by atoms with Crippen molar-refractivity contribution < 1.29 is 14.7 Å². The van der Waals surface area contributed by atoms with Crippen LogP contribution in [0.3, 0.4) is 0 Å². The van der Waals surface area contributed by atoms with Crippen LogP contribution in [0.1, 0.15) is 29.1 Å². The number of carboxylic acid groups (broad SMARTS) is 1. The van der Waals surface area contributed by atoms with E-state index < -0.39 is 5.97 Å². The van der Waals surface area contributed by atoms with Crippen molar-refractivity contribution in [2.24, 2.45) is 5.92 Å². The maximum Gasteiger partial charge on any atom is 0.346 e. The highest BCUT2D eigenvalue weighted by Crippen LogP contribution is 2.31. The third-order valence-electron chi connectivity index (χ3n) is 2.86. The van der Waals surface area contributed by atoms with Gasteiger partial charge in [-0.2, -0.15) is 0 Å². The predicted molar refractivity (Wildman–Crippen MR) is 75.5 cm³/mol. The van der Waals surface area contributed by atoms with E-state index in [1.54, 1.807) is 13.8 Å². The summed E-state index contributed by atoms with van der Waals surface area (Å²) in [4.78, 5) is 23.2. The Labute approximate surface area is 115 Å². The van der Waals surface area contributed by atoms with Crippen molar-refractivity contribution in [3.8, 4) is 0 Å². The van der Waals surface area contributed by atoms with Gasteiger partial charge in [-0.05, 0) is 11.5 Å². The number of fused-ring (bicyclic) bond motifs is 1. The lowest BCUT2D eigenvalue weighted by Gasteiger charge is -2.07. The molecule has 0 aliphatic heterocycles. The van der Waals surface area contributed by atoms with Crippen LogP contribution in [0.15, 0.2) is 24.3 Å². The monoisotopic (exact) mass is 277 g/mol. The minimum Gasteiger partial charge on any atom is -0.477 e. The van der Waals surface area contributed by atoms with Crippen LogP contribution in [-0.4, -0.2) is 17.0 Å². The normalized spacial score (nSPS) is 10.9. The summed E-state index contributed by atoms with van der Waals surface area (Å²) in [5.41, 5.74) is 0.683. The van der Waals surface area contributed by atoms with Crippen LogP contribution >= 0.6 is 11.3 Å². The quantitative estimate of drug-likeness (QED) is 0.903. The Morgan fingerprint density at radius 3 is 2.63 bits per heavy atom. The van der Waals surface area contributed by atoms with E-state index in [-0.39, 0.29) is 18.4 Å². The first-order valence-corrected chi connectivity index (χ1v) is 6.83. The maximum atomic E-state index is 11.6. The summed E-state index contributed by atoms with van der Waals surface area (Å²) in [7, 11) is 0. The first-order chi connectivity index (χ1) is 9.00. The average Bonchev–Trinajstić information content (AvgIpc) is 2.74. The van der Waals surface area contributed by atoms with Gasteiger partial charge in [0.25, 0.3) is 0 Å². The van der Waals surface area contributed by atoms with Crippen LogP contribution in [0.2, 0.25) is 0 Å². The molecule has 0 unspecified atom stereocenters. The Bertz CT molecular complexity index is 631. The van der Waals surface area contributed by atoms with Crippen LogP contribution in [0.5, 0.6) is 0 Å². The number of carbonyl (C=O) groups excluding carboxylic acids is 1. The van der Waals surface area contributed by atoms with E-state index in [2.05, 4.69) is 5.32 Å². The van der Waals surface area contributed by atoms with E-state index in [1.165, 1.54) is 11.3 Å². The van der Waals surface area contributed by atoms with Crippen LogP contribution in [0.4, 0.5) is 0 Å². The number of carboxylic acids is 1. The van der Waals surface area contributed by atoms with Gasteiger partial charge in [-0.25, -0.2) is 4.79 Å². The summed E-state index contributed by atoms with van der Waals surface area (Å²) in [6, 6.07) is 7.52. The largest absolute Gasteiger partial charge is 0.477 e. The molecule has 2 rings (SSSR count). The Morgan fingerprint density at radius 2 is 2.00 bits per heavy atom. The van der Waals surface area contributed by atoms with Gasteiger partial charge in [0.1, 0.15) is 4.88 Å². The van der Waals surface area contributed by atoms with Crippen molar-refractivity contribution in [3.63, 3.8) is 0 Å². The Balaban J connectivity index is 2.37. The number of hydrogen-bond donors (Lipinski definition) is 2.